The summed E-state index contributed by atoms with van der Waals surface area (Å²) in [6.07, 6.45) is 0. The van der Waals surface area contributed by atoms with E-state index in [1.54, 1.807) is 20.8 Å². The van der Waals surface area contributed by atoms with Crippen molar-refractivity contribution in [3.8, 4) is 0 Å². The summed E-state index contributed by atoms with van der Waals surface area (Å²) in [5.41, 5.74) is 4.32. The molecule has 8 nitrogen and oxygen atoms in total. The van der Waals surface area contributed by atoms with E-state index in [-0.39, 0.29) is 23.7 Å². The topological polar surface area (TPSA) is 127 Å². The maximum Gasteiger partial charge on any atom is 0.304 e. The highest BCUT2D eigenvalue weighted by Gasteiger charge is 2.23. The smallest absolute Gasteiger partial charge is 0.304 e. The fraction of sp³-hybridized carbons (Fsp3) is 0.385. The highest BCUT2D eigenvalue weighted by Crippen LogP contribution is 2.25. The molecule has 0 aliphatic heterocycles. The van der Waals surface area contributed by atoms with Crippen LogP contribution in [-0.4, -0.2) is 28.8 Å². The summed E-state index contributed by atoms with van der Waals surface area (Å²) in [5.74, 6) is -1.11. The van der Waals surface area contributed by atoms with Crippen LogP contribution < -0.4 is 16.4 Å². The highest BCUT2D eigenvalue weighted by molar-refractivity contribution is 6.01. The maximum absolute atomic E-state index is 11.9. The van der Waals surface area contributed by atoms with Crippen molar-refractivity contribution in [1.82, 2.24) is 10.6 Å². The molecule has 0 aliphatic carbocycles. The molecular formula is C13H18N4O4. The first-order valence-corrected chi connectivity index (χ1v) is 6.24. The Morgan fingerprint density at radius 2 is 1.95 bits per heavy atom. The number of hydrogen-bond acceptors (Lipinski definition) is 5. The summed E-state index contributed by atoms with van der Waals surface area (Å²) in [6, 6.07) is 4.05. The van der Waals surface area contributed by atoms with Gasteiger partial charge in [0.2, 0.25) is 5.91 Å². The normalized spacial score (nSPS) is 10.8. The number of para-hydroxylation sites is 1. The number of nitrogen functional groups attached to an aromatic ring is 1. The van der Waals surface area contributed by atoms with Gasteiger partial charge in [-0.15, -0.1) is 0 Å². The molecule has 114 valence electrons. The van der Waals surface area contributed by atoms with Crippen molar-refractivity contribution >= 4 is 23.2 Å². The molecule has 1 aromatic rings. The van der Waals surface area contributed by atoms with E-state index in [0.29, 0.717) is 0 Å². The van der Waals surface area contributed by atoms with Gasteiger partial charge in [-0.2, -0.15) is 0 Å². The van der Waals surface area contributed by atoms with Crippen LogP contribution in [-0.2, 0) is 4.79 Å². The lowest BCUT2D eigenvalue weighted by molar-refractivity contribution is -0.384. The summed E-state index contributed by atoms with van der Waals surface area (Å²) in [7, 11) is 0. The Bertz CT molecular complexity index is 578. The van der Waals surface area contributed by atoms with Gasteiger partial charge in [0.25, 0.3) is 5.91 Å². The number of benzene rings is 1. The van der Waals surface area contributed by atoms with Crippen molar-refractivity contribution in [2.75, 3.05) is 12.3 Å². The molecule has 0 saturated carbocycles. The molecule has 0 spiro atoms. The summed E-state index contributed by atoms with van der Waals surface area (Å²) < 4.78 is 0. The number of nitrogens with one attached hydrogen (secondary N) is 2. The summed E-state index contributed by atoms with van der Waals surface area (Å²) in [5, 5.41) is 15.9. The predicted molar refractivity (Wildman–Crippen MR) is 77.7 cm³/mol. The maximum atomic E-state index is 11.9. The third-order valence-electron chi connectivity index (χ3n) is 2.42. The number of carbonyl (C=O) groups excluding carboxylic acids is 2. The van der Waals surface area contributed by atoms with Crippen molar-refractivity contribution in [2.24, 2.45) is 0 Å². The zero-order valence-electron chi connectivity index (χ0n) is 12.1. The lowest BCUT2D eigenvalue weighted by Crippen LogP contribution is -2.45. The van der Waals surface area contributed by atoms with Crippen molar-refractivity contribution in [3.63, 3.8) is 0 Å². The summed E-state index contributed by atoms with van der Waals surface area (Å²) >= 11 is 0. The van der Waals surface area contributed by atoms with Crippen LogP contribution in [0.1, 0.15) is 31.1 Å². The van der Waals surface area contributed by atoms with Gasteiger partial charge in [-0.3, -0.25) is 19.7 Å². The Balaban J connectivity index is 2.80. The quantitative estimate of drug-likeness (QED) is 0.430. The number of carbonyl (C=O) groups is 2. The average molecular weight is 294 g/mol. The average Bonchev–Trinajstić information content (AvgIpc) is 2.33. The lowest BCUT2D eigenvalue weighted by atomic mass is 10.1. The number of rotatable bonds is 4. The van der Waals surface area contributed by atoms with Crippen molar-refractivity contribution in [3.05, 3.63) is 33.9 Å². The number of hydrogen-bond donors (Lipinski definition) is 3. The van der Waals surface area contributed by atoms with Crippen molar-refractivity contribution in [2.45, 2.75) is 26.3 Å². The zero-order chi connectivity index (χ0) is 16.2. The molecule has 0 radical (unpaired) electrons. The van der Waals surface area contributed by atoms with E-state index < -0.39 is 22.1 Å². The van der Waals surface area contributed by atoms with Crippen LogP contribution in [0.15, 0.2) is 18.2 Å². The molecule has 1 rings (SSSR count). The van der Waals surface area contributed by atoms with E-state index in [0.717, 1.165) is 0 Å². The van der Waals surface area contributed by atoms with Crippen LogP contribution in [0, 0.1) is 10.1 Å². The predicted octanol–water partition coefficient (Wildman–Crippen LogP) is 0.821. The monoisotopic (exact) mass is 294 g/mol. The molecule has 8 heteroatoms. The molecule has 0 aromatic heterocycles. The second kappa shape index (κ2) is 6.21. The molecule has 4 N–H and O–H groups in total. The summed E-state index contributed by atoms with van der Waals surface area (Å²) in [4.78, 5) is 33.8. The van der Waals surface area contributed by atoms with Crippen molar-refractivity contribution in [1.29, 1.82) is 0 Å². The van der Waals surface area contributed by atoms with E-state index in [2.05, 4.69) is 10.6 Å². The van der Waals surface area contributed by atoms with E-state index >= 15 is 0 Å². The molecule has 0 atom stereocenters. The van der Waals surface area contributed by atoms with Gasteiger partial charge in [0.15, 0.2) is 0 Å². The Morgan fingerprint density at radius 3 is 2.48 bits per heavy atom. The second-order valence-electron chi connectivity index (χ2n) is 5.48. The number of nitro groups is 1. The highest BCUT2D eigenvalue weighted by atomic mass is 16.6. The Morgan fingerprint density at radius 1 is 1.33 bits per heavy atom. The first kappa shape index (κ1) is 16.4. The summed E-state index contributed by atoms with van der Waals surface area (Å²) in [6.45, 7) is 5.13. The molecule has 0 bridgehead atoms. The molecule has 0 fully saturated rings. The molecule has 0 unspecified atom stereocenters. The Kier molecular flexibility index (Phi) is 4.85. The number of amides is 2. The molecule has 21 heavy (non-hydrogen) atoms. The lowest BCUT2D eigenvalue weighted by Gasteiger charge is -2.20. The molecular weight excluding hydrogens is 276 g/mol. The first-order chi connectivity index (χ1) is 9.61. The van der Waals surface area contributed by atoms with Crippen molar-refractivity contribution < 1.29 is 14.5 Å². The third-order valence-corrected chi connectivity index (χ3v) is 2.42. The number of nitrogens with zero attached hydrogens (tertiary/aromatic N) is 1. The van der Waals surface area contributed by atoms with Crippen LogP contribution >= 0.6 is 0 Å². The third kappa shape index (κ3) is 4.75. The van der Waals surface area contributed by atoms with E-state index in [4.69, 9.17) is 5.73 Å². The number of nitro benzene ring substituents is 1. The Labute approximate surface area is 121 Å². The molecule has 0 aliphatic rings. The molecule has 2 amide bonds. The molecule has 0 heterocycles. The SMILES string of the molecule is CC(C)(C)NC(=O)CNC(=O)c1cccc(N)c1[N+](=O)[O-]. The van der Waals surface area contributed by atoms with Crippen LogP contribution in [0.3, 0.4) is 0 Å². The molecule has 1 aromatic carbocycles. The van der Waals surface area contributed by atoms with Gasteiger partial charge in [-0.05, 0) is 32.9 Å². The van der Waals surface area contributed by atoms with Crippen LogP contribution in [0.5, 0.6) is 0 Å². The fourth-order valence-electron chi connectivity index (χ4n) is 1.67. The minimum absolute atomic E-state index is 0.105. The first-order valence-electron chi connectivity index (χ1n) is 6.24. The van der Waals surface area contributed by atoms with Crippen LogP contribution in [0.25, 0.3) is 0 Å². The Hall–Kier alpha value is -2.64. The molecule has 0 saturated heterocycles. The van der Waals surface area contributed by atoms with Crippen LogP contribution in [0.2, 0.25) is 0 Å². The second-order valence-corrected chi connectivity index (χ2v) is 5.48. The minimum atomic E-state index is -0.724. The van der Waals surface area contributed by atoms with E-state index in [9.17, 15) is 19.7 Å². The van der Waals surface area contributed by atoms with Gasteiger partial charge in [-0.1, -0.05) is 6.07 Å². The zero-order valence-corrected chi connectivity index (χ0v) is 12.1. The largest absolute Gasteiger partial charge is 0.393 e. The van der Waals surface area contributed by atoms with Crippen LogP contribution in [0.4, 0.5) is 11.4 Å². The number of anilines is 1. The van der Waals surface area contributed by atoms with Gasteiger partial charge in [0.05, 0.1) is 11.5 Å². The van der Waals surface area contributed by atoms with Gasteiger partial charge in [0, 0.05) is 5.54 Å². The van der Waals surface area contributed by atoms with Gasteiger partial charge < -0.3 is 16.4 Å². The van der Waals surface area contributed by atoms with Gasteiger partial charge >= 0.3 is 5.69 Å². The number of nitrogens with two attached hydrogens (primary N) is 1. The van der Waals surface area contributed by atoms with Gasteiger partial charge in [-0.25, -0.2) is 0 Å². The van der Waals surface area contributed by atoms with E-state index in [1.165, 1.54) is 18.2 Å². The van der Waals surface area contributed by atoms with Gasteiger partial charge in [0.1, 0.15) is 11.3 Å². The van der Waals surface area contributed by atoms with E-state index in [1.807, 2.05) is 0 Å². The fourth-order valence-corrected chi connectivity index (χ4v) is 1.67. The minimum Gasteiger partial charge on any atom is -0.393 e. The standard InChI is InChI=1S/C13H18N4O4/c1-13(2,3)16-10(18)7-15-12(19)8-5-4-6-9(14)11(8)17(20)21/h4-6H,7,14H2,1-3H3,(H,15,19)(H,16,18).